The third-order valence-electron chi connectivity index (χ3n) is 4.60. The number of unbranched alkanes of at least 4 members (excludes halogenated alkanes) is 9. The van der Waals surface area contributed by atoms with Crippen LogP contribution in [0, 0.1) is 11.8 Å². The third kappa shape index (κ3) is 15.6. The van der Waals surface area contributed by atoms with Gasteiger partial charge in [-0.2, -0.15) is 0 Å². The van der Waals surface area contributed by atoms with Gasteiger partial charge < -0.3 is 10.2 Å². The van der Waals surface area contributed by atoms with Gasteiger partial charge in [0.1, 0.15) is 0 Å². The Morgan fingerprint density at radius 2 is 1.13 bits per heavy atom. The van der Waals surface area contributed by atoms with Crippen molar-refractivity contribution in [3.63, 3.8) is 0 Å². The predicted octanol–water partition coefficient (Wildman–Crippen LogP) is 5.50. The first-order chi connectivity index (χ1) is 10.9. The Bertz CT molecular complexity index is 312. The first-order valence-corrected chi connectivity index (χ1v) is 9.37. The molecule has 0 aliphatic carbocycles. The second-order valence-electron chi connectivity index (χ2n) is 7.07. The molecule has 0 aromatic carbocycles. The quantitative estimate of drug-likeness (QED) is 0.367. The van der Waals surface area contributed by atoms with Crippen LogP contribution in [0.2, 0.25) is 0 Å². The summed E-state index contributed by atoms with van der Waals surface area (Å²) in [5, 5.41) is 17.4. The molecule has 2 N–H and O–H groups in total. The summed E-state index contributed by atoms with van der Waals surface area (Å²) >= 11 is 0. The molecule has 0 radical (unpaired) electrons. The largest absolute Gasteiger partial charge is 0.481 e. The van der Waals surface area contributed by atoms with Gasteiger partial charge in [0, 0.05) is 12.8 Å². The Morgan fingerprint density at radius 3 is 1.52 bits per heavy atom. The summed E-state index contributed by atoms with van der Waals surface area (Å²) in [5.41, 5.74) is 0. The van der Waals surface area contributed by atoms with Gasteiger partial charge in [0.2, 0.25) is 0 Å². The average Bonchev–Trinajstić information content (AvgIpc) is 2.46. The molecule has 1 unspecified atom stereocenters. The monoisotopic (exact) mass is 328 g/mol. The van der Waals surface area contributed by atoms with Gasteiger partial charge in [0.15, 0.2) is 0 Å². The number of carboxylic acids is 2. The van der Waals surface area contributed by atoms with Crippen molar-refractivity contribution in [2.75, 3.05) is 0 Å². The molecular weight excluding hydrogens is 292 g/mol. The van der Waals surface area contributed by atoms with Crippen LogP contribution < -0.4 is 0 Å². The maximum atomic E-state index is 10.8. The van der Waals surface area contributed by atoms with Crippen LogP contribution in [-0.2, 0) is 9.59 Å². The van der Waals surface area contributed by atoms with E-state index in [1.54, 1.807) is 0 Å². The summed E-state index contributed by atoms with van der Waals surface area (Å²) < 4.78 is 0. The van der Waals surface area contributed by atoms with E-state index in [0.29, 0.717) is 24.7 Å². The Kier molecular flexibility index (Phi) is 13.9. The molecule has 0 aliphatic heterocycles. The van der Waals surface area contributed by atoms with Gasteiger partial charge in [-0.15, -0.1) is 0 Å². The maximum absolute atomic E-state index is 10.8. The van der Waals surface area contributed by atoms with E-state index in [-0.39, 0.29) is 0 Å². The average molecular weight is 328 g/mol. The first-order valence-electron chi connectivity index (χ1n) is 9.37. The number of rotatable bonds is 16. The van der Waals surface area contributed by atoms with Crippen LogP contribution in [0.3, 0.4) is 0 Å². The van der Waals surface area contributed by atoms with Crippen molar-refractivity contribution in [1.82, 2.24) is 0 Å². The highest BCUT2D eigenvalue weighted by Crippen LogP contribution is 2.23. The van der Waals surface area contributed by atoms with Crippen LogP contribution in [-0.4, -0.2) is 22.2 Å². The van der Waals surface area contributed by atoms with Crippen LogP contribution >= 0.6 is 0 Å². The molecule has 0 aromatic heterocycles. The Labute approximate surface area is 141 Å². The molecule has 0 fully saturated rings. The van der Waals surface area contributed by atoms with Gasteiger partial charge in [0.05, 0.1) is 0 Å². The highest BCUT2D eigenvalue weighted by atomic mass is 16.4. The highest BCUT2D eigenvalue weighted by Gasteiger charge is 2.16. The van der Waals surface area contributed by atoms with Crippen molar-refractivity contribution in [1.29, 1.82) is 0 Å². The fraction of sp³-hybridized carbons (Fsp3) is 0.895. The van der Waals surface area contributed by atoms with Gasteiger partial charge in [-0.1, -0.05) is 71.6 Å². The normalized spacial score (nSPS) is 12.5. The second kappa shape index (κ2) is 14.5. The van der Waals surface area contributed by atoms with Crippen molar-refractivity contribution in [2.24, 2.45) is 11.8 Å². The fourth-order valence-electron chi connectivity index (χ4n) is 2.99. The Hall–Kier alpha value is -1.06. The van der Waals surface area contributed by atoms with Crippen LogP contribution in [0.25, 0.3) is 0 Å². The molecule has 0 spiro atoms. The summed E-state index contributed by atoms with van der Waals surface area (Å²) in [6.45, 7) is 4.23. The molecule has 0 rings (SSSR count). The molecule has 136 valence electrons. The van der Waals surface area contributed by atoms with E-state index in [2.05, 4.69) is 13.8 Å². The molecule has 0 amide bonds. The lowest BCUT2D eigenvalue weighted by Gasteiger charge is -2.18. The molecular formula is C19H36O4. The number of hydrogen-bond donors (Lipinski definition) is 2. The summed E-state index contributed by atoms with van der Waals surface area (Å²) in [6, 6.07) is 0. The summed E-state index contributed by atoms with van der Waals surface area (Å²) in [7, 11) is 0. The number of carbonyl (C=O) groups is 2. The summed E-state index contributed by atoms with van der Waals surface area (Å²) in [4.78, 5) is 21.2. The van der Waals surface area contributed by atoms with Gasteiger partial charge in [-0.05, 0) is 24.7 Å². The van der Waals surface area contributed by atoms with E-state index in [1.165, 1.54) is 38.5 Å². The number of hydrogen-bond acceptors (Lipinski definition) is 2. The molecule has 23 heavy (non-hydrogen) atoms. The van der Waals surface area contributed by atoms with E-state index < -0.39 is 11.9 Å². The molecule has 0 saturated heterocycles. The zero-order valence-corrected chi connectivity index (χ0v) is 15.1. The molecule has 0 heterocycles. The van der Waals surface area contributed by atoms with Crippen molar-refractivity contribution >= 4 is 11.9 Å². The van der Waals surface area contributed by atoms with Crippen LogP contribution in [0.5, 0.6) is 0 Å². The van der Waals surface area contributed by atoms with E-state index >= 15 is 0 Å². The third-order valence-corrected chi connectivity index (χ3v) is 4.60. The standard InChI is InChI=1S/C19H36O4/c1-16(2)17(15-19(22)23)13-11-9-7-5-3-4-6-8-10-12-14-18(20)21/h16-17H,3-15H2,1-2H3,(H,20,21)(H,22,23). The first kappa shape index (κ1) is 21.9. The Morgan fingerprint density at radius 1 is 0.696 bits per heavy atom. The molecule has 0 saturated carbocycles. The van der Waals surface area contributed by atoms with Gasteiger partial charge in [-0.3, -0.25) is 9.59 Å². The van der Waals surface area contributed by atoms with Gasteiger partial charge in [-0.25, -0.2) is 0 Å². The molecule has 4 nitrogen and oxygen atoms in total. The second-order valence-corrected chi connectivity index (χ2v) is 7.07. The molecule has 4 heteroatoms. The van der Waals surface area contributed by atoms with Crippen molar-refractivity contribution < 1.29 is 19.8 Å². The lowest BCUT2D eigenvalue weighted by atomic mass is 9.87. The SMILES string of the molecule is CC(C)C(CCCCCCCCCCCCC(=O)O)CC(=O)O. The number of carboxylic acid groups (broad SMARTS) is 2. The molecule has 0 aliphatic rings. The van der Waals surface area contributed by atoms with Crippen LogP contribution in [0.15, 0.2) is 0 Å². The minimum atomic E-state index is -0.687. The van der Waals surface area contributed by atoms with E-state index in [9.17, 15) is 9.59 Å². The highest BCUT2D eigenvalue weighted by molar-refractivity contribution is 5.67. The minimum absolute atomic E-state index is 0.305. The summed E-state index contributed by atoms with van der Waals surface area (Å²) in [6.07, 6.45) is 13.2. The van der Waals surface area contributed by atoms with Crippen molar-refractivity contribution in [2.45, 2.75) is 97.3 Å². The Balaban J connectivity index is 3.35. The zero-order chi connectivity index (χ0) is 17.5. The topological polar surface area (TPSA) is 74.6 Å². The zero-order valence-electron chi connectivity index (χ0n) is 15.1. The molecule has 0 aromatic rings. The van der Waals surface area contributed by atoms with Crippen molar-refractivity contribution in [3.8, 4) is 0 Å². The fourth-order valence-corrected chi connectivity index (χ4v) is 2.99. The molecule has 1 atom stereocenters. The number of aliphatic carboxylic acids is 2. The van der Waals surface area contributed by atoms with E-state index in [4.69, 9.17) is 10.2 Å². The summed E-state index contributed by atoms with van der Waals surface area (Å²) in [5.74, 6) is -0.592. The minimum Gasteiger partial charge on any atom is -0.481 e. The molecule has 0 bridgehead atoms. The predicted molar refractivity (Wildman–Crippen MR) is 93.6 cm³/mol. The maximum Gasteiger partial charge on any atom is 0.303 e. The van der Waals surface area contributed by atoms with Crippen molar-refractivity contribution in [3.05, 3.63) is 0 Å². The van der Waals surface area contributed by atoms with Crippen LogP contribution in [0.1, 0.15) is 97.3 Å². The van der Waals surface area contributed by atoms with E-state index in [0.717, 1.165) is 32.1 Å². The smallest absolute Gasteiger partial charge is 0.303 e. The lowest BCUT2D eigenvalue weighted by Crippen LogP contribution is -2.13. The van der Waals surface area contributed by atoms with E-state index in [1.807, 2.05) is 0 Å². The van der Waals surface area contributed by atoms with Gasteiger partial charge >= 0.3 is 11.9 Å². The lowest BCUT2D eigenvalue weighted by molar-refractivity contribution is -0.139. The van der Waals surface area contributed by atoms with Crippen LogP contribution in [0.4, 0.5) is 0 Å². The van der Waals surface area contributed by atoms with Gasteiger partial charge in [0.25, 0.3) is 0 Å².